The van der Waals surface area contributed by atoms with Gasteiger partial charge >= 0.3 is 5.69 Å². The minimum Gasteiger partial charge on any atom is -0.790 e. The number of nitrogens with one attached hydrogen (secondary N) is 3. The fourth-order valence-electron chi connectivity index (χ4n) is 9.59. The van der Waals surface area contributed by atoms with Gasteiger partial charge in [0, 0.05) is 6.20 Å². The molecule has 0 radical (unpaired) electrons. The minimum absolute atomic E-state index is 0.0271. The SMILES string of the molecule is CCCCCCCC[NH+](CCCCCCCC)CCCCCCCC.CCCCCCCC[NH+](CCCCCCCC)CCCCCCCC.O=c1[nH]c(=O)n([C@@H]2O[C@H](COP(=O)([O-])[O-])[C@@H](O)[C@H]2O)cc1Br. The predicted octanol–water partition coefficient (Wildman–Crippen LogP) is 10.7. The van der Waals surface area contributed by atoms with Crippen LogP contribution in [-0.4, -0.2) is 84.0 Å². The fourth-order valence-corrected chi connectivity index (χ4v) is 10.2. The lowest BCUT2D eigenvalue weighted by Gasteiger charge is -2.30. The van der Waals surface area contributed by atoms with Gasteiger partial charge in [0.05, 0.1) is 58.2 Å². The molecule has 0 aromatic carbocycles. The highest BCUT2D eigenvalue weighted by atomic mass is 79.9. The van der Waals surface area contributed by atoms with Gasteiger partial charge in [-0.15, -0.1) is 0 Å². The number of aliphatic hydroxyl groups is 2. The number of phosphoric acid groups is 1. The highest BCUT2D eigenvalue weighted by Crippen LogP contribution is 2.32. The van der Waals surface area contributed by atoms with E-state index in [0.717, 1.165) is 10.8 Å². The maximum absolute atomic E-state index is 11.7. The number of phosphoric ester groups is 1. The molecular formula is C57H114BrN4O9P. The van der Waals surface area contributed by atoms with Crippen molar-refractivity contribution >= 4 is 23.8 Å². The van der Waals surface area contributed by atoms with Crippen LogP contribution in [0.5, 0.6) is 0 Å². The molecule has 0 amide bonds. The van der Waals surface area contributed by atoms with Crippen molar-refractivity contribution in [2.24, 2.45) is 0 Å². The van der Waals surface area contributed by atoms with E-state index in [1.54, 1.807) is 0 Å². The van der Waals surface area contributed by atoms with Crippen molar-refractivity contribution in [1.82, 2.24) is 9.55 Å². The summed E-state index contributed by atoms with van der Waals surface area (Å²) in [6, 6.07) is 0. The number of hydrogen-bond acceptors (Lipinski definition) is 9. The minimum atomic E-state index is -5.28. The van der Waals surface area contributed by atoms with Crippen LogP contribution in [0.1, 0.15) is 279 Å². The second kappa shape index (κ2) is 49.6. The molecule has 428 valence electrons. The van der Waals surface area contributed by atoms with Gasteiger partial charge in [-0.3, -0.25) is 14.3 Å². The number of aliphatic hydroxyl groups excluding tert-OH is 2. The van der Waals surface area contributed by atoms with Gasteiger partial charge in [-0.2, -0.15) is 0 Å². The molecule has 0 aliphatic carbocycles. The molecule has 1 fully saturated rings. The zero-order valence-corrected chi connectivity index (χ0v) is 49.8. The molecule has 1 aromatic heterocycles. The monoisotopic (exact) mass is 1110 g/mol. The summed E-state index contributed by atoms with van der Waals surface area (Å²) in [5, 5.41) is 19.6. The number of ether oxygens (including phenoxy) is 1. The molecule has 15 heteroatoms. The molecule has 2 heterocycles. The third-order valence-corrected chi connectivity index (χ3v) is 15.3. The zero-order chi connectivity index (χ0) is 53.5. The van der Waals surface area contributed by atoms with Gasteiger partial charge in [0.25, 0.3) is 5.56 Å². The molecule has 0 bridgehead atoms. The van der Waals surface area contributed by atoms with Crippen LogP contribution in [-0.2, 0) is 13.8 Å². The van der Waals surface area contributed by atoms with Crippen LogP contribution in [0.25, 0.3) is 0 Å². The summed E-state index contributed by atoms with van der Waals surface area (Å²) in [6.07, 6.45) is 47.1. The first kappa shape index (κ1) is 71.1. The highest BCUT2D eigenvalue weighted by molar-refractivity contribution is 9.10. The van der Waals surface area contributed by atoms with Crippen LogP contribution in [0.3, 0.4) is 0 Å². The van der Waals surface area contributed by atoms with E-state index in [1.807, 2.05) is 14.8 Å². The van der Waals surface area contributed by atoms with Crippen molar-refractivity contribution in [2.75, 3.05) is 45.9 Å². The molecule has 5 N–H and O–H groups in total. The summed E-state index contributed by atoms with van der Waals surface area (Å²) in [6.45, 7) is 21.7. The van der Waals surface area contributed by atoms with Gasteiger partial charge in [0.15, 0.2) is 6.23 Å². The summed E-state index contributed by atoms with van der Waals surface area (Å²) in [7, 11) is -5.28. The Morgan fingerprint density at radius 2 is 0.806 bits per heavy atom. The second-order valence-corrected chi connectivity index (χ2v) is 23.0. The maximum atomic E-state index is 11.7. The molecule has 0 spiro atoms. The topological polar surface area (TPSA) is 186 Å². The second-order valence-electron chi connectivity index (χ2n) is 21.0. The van der Waals surface area contributed by atoms with Gasteiger partial charge in [-0.25, -0.2) is 4.79 Å². The Kier molecular flexibility index (Phi) is 49.0. The Labute approximate surface area is 449 Å². The number of aromatic amines is 1. The van der Waals surface area contributed by atoms with Gasteiger partial charge in [-0.05, 0) is 93.0 Å². The van der Waals surface area contributed by atoms with E-state index < -0.39 is 50.2 Å². The Morgan fingerprint density at radius 1 is 0.528 bits per heavy atom. The molecule has 72 heavy (non-hydrogen) atoms. The van der Waals surface area contributed by atoms with Crippen LogP contribution in [0.15, 0.2) is 20.3 Å². The number of rotatable bonds is 46. The van der Waals surface area contributed by atoms with Crippen molar-refractivity contribution < 1.29 is 43.6 Å². The van der Waals surface area contributed by atoms with Crippen LogP contribution in [0.4, 0.5) is 0 Å². The molecule has 1 aliphatic heterocycles. The van der Waals surface area contributed by atoms with Crippen LogP contribution in [0.2, 0.25) is 0 Å². The van der Waals surface area contributed by atoms with E-state index in [2.05, 4.69) is 62.0 Å². The average molecular weight is 1110 g/mol. The molecule has 1 aromatic rings. The summed E-state index contributed by atoms with van der Waals surface area (Å²) in [5.74, 6) is 0. The van der Waals surface area contributed by atoms with Crippen molar-refractivity contribution in [3.05, 3.63) is 31.5 Å². The summed E-state index contributed by atoms with van der Waals surface area (Å²) < 4.78 is 20.3. The number of unbranched alkanes of at least 4 members (excludes halogenated alkanes) is 30. The molecular weight excluding hydrogens is 996 g/mol. The number of quaternary nitrogens is 2. The van der Waals surface area contributed by atoms with Gasteiger partial charge < -0.3 is 43.6 Å². The highest BCUT2D eigenvalue weighted by Gasteiger charge is 2.44. The van der Waals surface area contributed by atoms with E-state index in [9.17, 15) is 34.2 Å². The first-order valence-corrected chi connectivity index (χ1v) is 32.4. The maximum Gasteiger partial charge on any atom is 0.330 e. The third kappa shape index (κ3) is 40.3. The Bertz CT molecular complexity index is 1380. The van der Waals surface area contributed by atoms with Crippen molar-refractivity contribution in [1.29, 1.82) is 0 Å². The fraction of sp³-hybridized carbons (Fsp3) is 0.930. The Balaban J connectivity index is 0.00000105. The smallest absolute Gasteiger partial charge is 0.330 e. The lowest BCUT2D eigenvalue weighted by atomic mass is 10.1. The van der Waals surface area contributed by atoms with E-state index in [-0.39, 0.29) is 4.47 Å². The van der Waals surface area contributed by atoms with E-state index in [0.29, 0.717) is 0 Å². The largest absolute Gasteiger partial charge is 0.790 e. The van der Waals surface area contributed by atoms with E-state index in [4.69, 9.17) is 4.74 Å². The Morgan fingerprint density at radius 3 is 1.08 bits per heavy atom. The van der Waals surface area contributed by atoms with Gasteiger partial charge in [0.2, 0.25) is 0 Å². The van der Waals surface area contributed by atoms with Crippen LogP contribution >= 0.6 is 23.8 Å². The quantitative estimate of drug-likeness (QED) is 0.0313. The van der Waals surface area contributed by atoms with Crippen LogP contribution < -0.4 is 30.8 Å². The molecule has 4 atom stereocenters. The van der Waals surface area contributed by atoms with Crippen LogP contribution in [0, 0.1) is 0 Å². The van der Waals surface area contributed by atoms with Crippen molar-refractivity contribution in [2.45, 2.75) is 297 Å². The lowest BCUT2D eigenvalue weighted by molar-refractivity contribution is -0.901. The van der Waals surface area contributed by atoms with E-state index >= 15 is 0 Å². The summed E-state index contributed by atoms with van der Waals surface area (Å²) >= 11 is 2.89. The van der Waals surface area contributed by atoms with E-state index in [1.165, 1.54) is 270 Å². The first-order valence-electron chi connectivity index (χ1n) is 30.2. The summed E-state index contributed by atoms with van der Waals surface area (Å²) in [4.78, 5) is 49.5. The normalized spacial score (nSPS) is 16.8. The molecule has 0 saturated carbocycles. The predicted molar refractivity (Wildman–Crippen MR) is 300 cm³/mol. The van der Waals surface area contributed by atoms with Crippen molar-refractivity contribution in [3.63, 3.8) is 0 Å². The van der Waals surface area contributed by atoms with Gasteiger partial charge in [-0.1, -0.05) is 196 Å². The average Bonchev–Trinajstić information content (AvgIpc) is 3.64. The molecule has 1 aliphatic rings. The number of aromatic nitrogens is 2. The third-order valence-electron chi connectivity index (χ3n) is 14.2. The standard InChI is InChI=1S/2C24H51N.C9H12BrN2O9P/c2*1-4-7-10-13-16-19-22-25(23-20-17-14-11-8-5-2)24-21-18-15-12-9-6-3;10-3-1-12(9(16)11-7(3)15)8-6(14)5(13)4(21-8)2-20-22(17,18)19/h2*4-24H2,1-3H3;1,4-6,8,13-14H,2H2,(H,11,15,16)(H2,17,18,19)/t;;4-,5-,6-,8-/m..1/s1. The molecule has 1 saturated heterocycles. The zero-order valence-electron chi connectivity index (χ0n) is 47.3. The molecule has 0 unspecified atom stereocenters. The molecule has 2 rings (SSSR count). The van der Waals surface area contributed by atoms with Crippen molar-refractivity contribution in [3.8, 4) is 0 Å². The Hall–Kier alpha value is -0.930. The first-order chi connectivity index (χ1) is 34.8. The lowest BCUT2D eigenvalue weighted by Crippen LogP contribution is -3.12. The van der Waals surface area contributed by atoms with Gasteiger partial charge in [0.1, 0.15) is 18.3 Å². The molecule has 13 nitrogen and oxygen atoms in total. The number of halogens is 1. The number of hydrogen-bond donors (Lipinski definition) is 5. The summed E-state index contributed by atoms with van der Waals surface area (Å²) in [5.41, 5.74) is -1.61. The number of H-pyrrole nitrogens is 1. The number of nitrogens with zero attached hydrogens (tertiary/aromatic N) is 1.